The van der Waals surface area contributed by atoms with Crippen LogP contribution in [0.3, 0.4) is 0 Å². The summed E-state index contributed by atoms with van der Waals surface area (Å²) >= 11 is 0. The first-order valence-corrected chi connectivity index (χ1v) is 6.10. The van der Waals surface area contributed by atoms with E-state index in [4.69, 9.17) is 9.15 Å². The van der Waals surface area contributed by atoms with Crippen molar-refractivity contribution in [2.24, 2.45) is 0 Å². The summed E-state index contributed by atoms with van der Waals surface area (Å²) in [6.07, 6.45) is 1.70. The van der Waals surface area contributed by atoms with Crippen LogP contribution in [0.25, 0.3) is 0 Å². The van der Waals surface area contributed by atoms with Gasteiger partial charge < -0.3 is 19.4 Å². The van der Waals surface area contributed by atoms with Gasteiger partial charge in [0.1, 0.15) is 6.26 Å². The summed E-state index contributed by atoms with van der Waals surface area (Å²) in [6.45, 7) is 9.15. The molecule has 0 aromatic carbocycles. The highest BCUT2D eigenvalue weighted by Gasteiger charge is 2.08. The summed E-state index contributed by atoms with van der Waals surface area (Å²) in [5.41, 5.74) is 0.928. The maximum absolute atomic E-state index is 5.41. The first-order valence-electron chi connectivity index (χ1n) is 6.10. The van der Waals surface area contributed by atoms with E-state index in [0.717, 1.165) is 25.4 Å². The largest absolute Gasteiger partial charge is 0.432 e. The third kappa shape index (κ3) is 5.19. The van der Waals surface area contributed by atoms with Gasteiger partial charge in [-0.2, -0.15) is 4.98 Å². The SMILES string of the molecule is CCOCCN(C)c1nc(CNC(C)C)co1. The predicted molar refractivity (Wildman–Crippen MR) is 68.2 cm³/mol. The molecule has 0 amide bonds. The second kappa shape index (κ2) is 7.29. The number of hydrogen-bond acceptors (Lipinski definition) is 5. The smallest absolute Gasteiger partial charge is 0.297 e. The van der Waals surface area contributed by atoms with E-state index in [0.29, 0.717) is 18.7 Å². The zero-order valence-electron chi connectivity index (χ0n) is 11.2. The van der Waals surface area contributed by atoms with Gasteiger partial charge in [-0.25, -0.2) is 0 Å². The number of nitrogens with one attached hydrogen (secondary N) is 1. The molecule has 1 aromatic heterocycles. The number of likely N-dealkylation sites (N-methyl/N-ethyl adjacent to an activating group) is 1. The van der Waals surface area contributed by atoms with Gasteiger partial charge in [-0.15, -0.1) is 0 Å². The van der Waals surface area contributed by atoms with Crippen LogP contribution in [-0.2, 0) is 11.3 Å². The molecule has 0 radical (unpaired) electrons. The van der Waals surface area contributed by atoms with E-state index in [2.05, 4.69) is 24.1 Å². The molecule has 0 aliphatic carbocycles. The Kier molecular flexibility index (Phi) is 6.00. The average Bonchev–Trinajstić information content (AvgIpc) is 2.75. The Morgan fingerprint density at radius 3 is 2.94 bits per heavy atom. The van der Waals surface area contributed by atoms with Crippen LogP contribution >= 0.6 is 0 Å². The summed E-state index contributed by atoms with van der Waals surface area (Å²) in [4.78, 5) is 6.35. The first-order chi connectivity index (χ1) is 8.13. The molecule has 1 rings (SSSR count). The molecule has 0 spiro atoms. The molecule has 0 bridgehead atoms. The van der Waals surface area contributed by atoms with Crippen LogP contribution in [-0.4, -0.2) is 37.8 Å². The second-order valence-corrected chi connectivity index (χ2v) is 4.28. The summed E-state index contributed by atoms with van der Waals surface area (Å²) in [6, 6.07) is 1.09. The van der Waals surface area contributed by atoms with Crippen molar-refractivity contribution in [3.8, 4) is 0 Å². The van der Waals surface area contributed by atoms with Crippen molar-refractivity contribution in [2.75, 3.05) is 31.7 Å². The van der Waals surface area contributed by atoms with Gasteiger partial charge in [0.05, 0.1) is 12.3 Å². The standard InChI is InChI=1S/C12H23N3O2/c1-5-16-7-6-15(4)12-14-11(9-17-12)8-13-10(2)3/h9-10,13H,5-8H2,1-4H3. The van der Waals surface area contributed by atoms with Gasteiger partial charge in [0.15, 0.2) is 0 Å². The maximum Gasteiger partial charge on any atom is 0.297 e. The van der Waals surface area contributed by atoms with Crippen molar-refractivity contribution in [3.05, 3.63) is 12.0 Å². The van der Waals surface area contributed by atoms with Crippen LogP contribution in [0.5, 0.6) is 0 Å². The Morgan fingerprint density at radius 1 is 1.53 bits per heavy atom. The summed E-state index contributed by atoms with van der Waals surface area (Å²) in [5, 5.41) is 3.30. The van der Waals surface area contributed by atoms with Crippen molar-refractivity contribution >= 4 is 6.01 Å². The van der Waals surface area contributed by atoms with E-state index in [1.165, 1.54) is 0 Å². The number of hydrogen-bond donors (Lipinski definition) is 1. The lowest BCUT2D eigenvalue weighted by molar-refractivity contribution is 0.154. The predicted octanol–water partition coefficient (Wildman–Crippen LogP) is 1.65. The fourth-order valence-corrected chi connectivity index (χ4v) is 1.30. The number of anilines is 1. The van der Waals surface area contributed by atoms with Crippen LogP contribution in [0, 0.1) is 0 Å². The summed E-state index contributed by atoms with van der Waals surface area (Å²) in [7, 11) is 1.95. The van der Waals surface area contributed by atoms with Gasteiger partial charge in [-0.05, 0) is 6.92 Å². The van der Waals surface area contributed by atoms with E-state index in [9.17, 15) is 0 Å². The Morgan fingerprint density at radius 2 is 2.29 bits per heavy atom. The molecular weight excluding hydrogens is 218 g/mol. The van der Waals surface area contributed by atoms with E-state index in [-0.39, 0.29) is 0 Å². The number of ether oxygens (including phenoxy) is 1. The monoisotopic (exact) mass is 241 g/mol. The van der Waals surface area contributed by atoms with Crippen LogP contribution in [0.15, 0.2) is 10.7 Å². The molecule has 5 nitrogen and oxygen atoms in total. The minimum Gasteiger partial charge on any atom is -0.432 e. The second-order valence-electron chi connectivity index (χ2n) is 4.28. The minimum atomic E-state index is 0.450. The van der Waals surface area contributed by atoms with Gasteiger partial charge in [-0.3, -0.25) is 0 Å². The van der Waals surface area contributed by atoms with Crippen molar-refractivity contribution in [1.29, 1.82) is 0 Å². The Bertz CT molecular complexity index is 312. The molecule has 0 fully saturated rings. The van der Waals surface area contributed by atoms with Crippen LogP contribution in [0.2, 0.25) is 0 Å². The quantitative estimate of drug-likeness (QED) is 0.701. The van der Waals surface area contributed by atoms with Crippen LogP contribution in [0.4, 0.5) is 6.01 Å². The van der Waals surface area contributed by atoms with Crippen LogP contribution < -0.4 is 10.2 Å². The number of oxazole rings is 1. The summed E-state index contributed by atoms with van der Waals surface area (Å²) in [5.74, 6) is 0. The van der Waals surface area contributed by atoms with E-state index >= 15 is 0 Å². The van der Waals surface area contributed by atoms with Crippen LogP contribution in [0.1, 0.15) is 26.5 Å². The van der Waals surface area contributed by atoms with Crippen molar-refractivity contribution < 1.29 is 9.15 Å². The lowest BCUT2D eigenvalue weighted by Crippen LogP contribution is -2.24. The molecule has 0 atom stereocenters. The molecule has 0 saturated heterocycles. The molecule has 1 aromatic rings. The molecular formula is C12H23N3O2. The van der Waals surface area contributed by atoms with E-state index < -0.39 is 0 Å². The fourth-order valence-electron chi connectivity index (χ4n) is 1.30. The molecule has 0 unspecified atom stereocenters. The Labute approximate surface area is 103 Å². The van der Waals surface area contributed by atoms with Gasteiger partial charge in [0.25, 0.3) is 6.01 Å². The molecule has 1 N–H and O–H groups in total. The van der Waals surface area contributed by atoms with Gasteiger partial charge in [0.2, 0.25) is 0 Å². The third-order valence-electron chi connectivity index (χ3n) is 2.33. The van der Waals surface area contributed by atoms with Crippen molar-refractivity contribution in [3.63, 3.8) is 0 Å². The minimum absolute atomic E-state index is 0.450. The summed E-state index contributed by atoms with van der Waals surface area (Å²) < 4.78 is 10.7. The normalized spacial score (nSPS) is 11.1. The van der Waals surface area contributed by atoms with Crippen molar-refractivity contribution in [2.45, 2.75) is 33.4 Å². The number of nitrogens with zero attached hydrogens (tertiary/aromatic N) is 2. The first kappa shape index (κ1) is 14.0. The topological polar surface area (TPSA) is 50.5 Å². The highest BCUT2D eigenvalue weighted by molar-refractivity contribution is 5.25. The maximum atomic E-state index is 5.41. The molecule has 0 saturated carbocycles. The molecule has 0 aliphatic heterocycles. The lowest BCUT2D eigenvalue weighted by Gasteiger charge is -2.13. The lowest BCUT2D eigenvalue weighted by atomic mass is 10.4. The van der Waals surface area contributed by atoms with Gasteiger partial charge in [-0.1, -0.05) is 13.8 Å². The van der Waals surface area contributed by atoms with Crippen molar-refractivity contribution in [1.82, 2.24) is 10.3 Å². The van der Waals surface area contributed by atoms with E-state index in [1.807, 2.05) is 18.9 Å². The molecule has 98 valence electrons. The molecule has 1 heterocycles. The average molecular weight is 241 g/mol. The molecule has 17 heavy (non-hydrogen) atoms. The van der Waals surface area contributed by atoms with Gasteiger partial charge in [0, 0.05) is 32.8 Å². The third-order valence-corrected chi connectivity index (χ3v) is 2.33. The Balaban J connectivity index is 2.38. The number of rotatable bonds is 8. The van der Waals surface area contributed by atoms with Gasteiger partial charge >= 0.3 is 0 Å². The Hall–Kier alpha value is -1.07. The number of aromatic nitrogens is 1. The zero-order valence-corrected chi connectivity index (χ0v) is 11.2. The fraction of sp³-hybridized carbons (Fsp3) is 0.750. The molecule has 5 heteroatoms. The van der Waals surface area contributed by atoms with E-state index in [1.54, 1.807) is 6.26 Å². The molecule has 0 aliphatic rings. The highest BCUT2D eigenvalue weighted by Crippen LogP contribution is 2.11. The zero-order chi connectivity index (χ0) is 12.7. The highest BCUT2D eigenvalue weighted by atomic mass is 16.5.